The Morgan fingerprint density at radius 1 is 1.39 bits per heavy atom. The van der Waals surface area contributed by atoms with E-state index in [1.165, 1.54) is 7.11 Å². The maximum absolute atomic E-state index is 10.6. The molecule has 5 nitrogen and oxygen atoms in total. The summed E-state index contributed by atoms with van der Waals surface area (Å²) in [6.07, 6.45) is 0.216. The number of methoxy groups -OCH3 is 2. The number of carbonyl (C=O) groups is 1. The first-order valence-corrected chi connectivity index (χ1v) is 5.43. The van der Waals surface area contributed by atoms with E-state index in [2.05, 4.69) is 0 Å². The van der Waals surface area contributed by atoms with Crippen LogP contribution in [0.2, 0.25) is 0 Å². The lowest BCUT2D eigenvalue weighted by Gasteiger charge is -2.11. The molecule has 0 radical (unpaired) electrons. The molecule has 0 fully saturated rings. The number of hydrogen-bond acceptors (Lipinski definition) is 4. The second-order valence-corrected chi connectivity index (χ2v) is 3.82. The molecule has 1 N–H and O–H groups in total. The topological polar surface area (TPSA) is 79.5 Å². The lowest BCUT2D eigenvalue weighted by molar-refractivity contribution is -0.137. The molecule has 0 aliphatic carbocycles. The van der Waals surface area contributed by atoms with Crippen molar-refractivity contribution in [3.05, 3.63) is 23.8 Å². The third kappa shape index (κ3) is 3.67. The molecule has 0 heterocycles. The van der Waals surface area contributed by atoms with Crippen molar-refractivity contribution < 1.29 is 19.4 Å². The van der Waals surface area contributed by atoms with Gasteiger partial charge in [0.15, 0.2) is 11.5 Å². The quantitative estimate of drug-likeness (QED) is 0.832. The number of aliphatic carboxylic acids is 1. The van der Waals surface area contributed by atoms with Gasteiger partial charge in [0.05, 0.1) is 32.6 Å². The van der Waals surface area contributed by atoms with E-state index in [9.17, 15) is 4.79 Å². The number of ether oxygens (including phenoxy) is 2. The highest BCUT2D eigenvalue weighted by Crippen LogP contribution is 2.28. The zero-order valence-corrected chi connectivity index (χ0v) is 10.3. The van der Waals surface area contributed by atoms with Gasteiger partial charge in [0.25, 0.3) is 0 Å². The molecule has 1 unspecified atom stereocenters. The molecule has 0 amide bonds. The Hall–Kier alpha value is -2.22. The minimum Gasteiger partial charge on any atom is -0.493 e. The fraction of sp³-hybridized carbons (Fsp3) is 0.385. The fourth-order valence-corrected chi connectivity index (χ4v) is 1.67. The van der Waals surface area contributed by atoms with Gasteiger partial charge in [0.1, 0.15) is 0 Å². The van der Waals surface area contributed by atoms with Crippen molar-refractivity contribution in [3.63, 3.8) is 0 Å². The Morgan fingerprint density at radius 2 is 2.06 bits per heavy atom. The summed E-state index contributed by atoms with van der Waals surface area (Å²) in [6, 6.07) is 7.29. The van der Waals surface area contributed by atoms with Gasteiger partial charge in [0, 0.05) is 0 Å². The van der Waals surface area contributed by atoms with E-state index in [0.29, 0.717) is 17.9 Å². The van der Waals surface area contributed by atoms with E-state index in [1.807, 2.05) is 6.07 Å². The van der Waals surface area contributed by atoms with Crippen molar-refractivity contribution in [2.24, 2.45) is 5.92 Å². The minimum absolute atomic E-state index is 0.162. The van der Waals surface area contributed by atoms with Gasteiger partial charge in [-0.1, -0.05) is 6.07 Å². The van der Waals surface area contributed by atoms with Crippen LogP contribution in [0.5, 0.6) is 11.5 Å². The number of carboxylic acids is 1. The van der Waals surface area contributed by atoms with Crippen LogP contribution in [0, 0.1) is 17.2 Å². The van der Waals surface area contributed by atoms with Crippen LogP contribution in [-0.2, 0) is 11.2 Å². The van der Waals surface area contributed by atoms with Crippen molar-refractivity contribution in [1.82, 2.24) is 0 Å². The van der Waals surface area contributed by atoms with Crippen LogP contribution in [0.4, 0.5) is 0 Å². The summed E-state index contributed by atoms with van der Waals surface area (Å²) in [7, 11) is 3.07. The Kier molecular flexibility index (Phi) is 5.00. The molecule has 0 saturated carbocycles. The van der Waals surface area contributed by atoms with Crippen LogP contribution in [0.15, 0.2) is 18.2 Å². The third-order valence-corrected chi connectivity index (χ3v) is 2.53. The maximum Gasteiger partial charge on any atom is 0.304 e. The average Bonchev–Trinajstić information content (AvgIpc) is 2.37. The predicted octanol–water partition coefficient (Wildman–Crippen LogP) is 1.86. The van der Waals surface area contributed by atoms with Crippen LogP contribution >= 0.6 is 0 Å². The van der Waals surface area contributed by atoms with Crippen molar-refractivity contribution in [1.29, 1.82) is 5.26 Å². The van der Waals surface area contributed by atoms with E-state index in [1.54, 1.807) is 25.3 Å². The average molecular weight is 249 g/mol. The van der Waals surface area contributed by atoms with Gasteiger partial charge in [-0.05, 0) is 24.1 Å². The second-order valence-electron chi connectivity index (χ2n) is 3.82. The van der Waals surface area contributed by atoms with E-state index in [4.69, 9.17) is 19.8 Å². The largest absolute Gasteiger partial charge is 0.493 e. The minimum atomic E-state index is -0.970. The van der Waals surface area contributed by atoms with Crippen LogP contribution in [0.1, 0.15) is 12.0 Å². The molecule has 1 aromatic carbocycles. The molecule has 1 atom stereocenters. The monoisotopic (exact) mass is 249 g/mol. The second kappa shape index (κ2) is 6.50. The Morgan fingerprint density at radius 3 is 2.56 bits per heavy atom. The molecule has 0 spiro atoms. The highest BCUT2D eigenvalue weighted by molar-refractivity contribution is 5.67. The fourth-order valence-electron chi connectivity index (χ4n) is 1.67. The van der Waals surface area contributed by atoms with Gasteiger partial charge in [-0.15, -0.1) is 0 Å². The van der Waals surface area contributed by atoms with E-state index < -0.39 is 11.9 Å². The first kappa shape index (κ1) is 13.8. The zero-order chi connectivity index (χ0) is 13.5. The molecule has 0 saturated heterocycles. The summed E-state index contributed by atoms with van der Waals surface area (Å²) in [5.41, 5.74) is 0.848. The van der Waals surface area contributed by atoms with Crippen LogP contribution in [-0.4, -0.2) is 25.3 Å². The predicted molar refractivity (Wildman–Crippen MR) is 64.6 cm³/mol. The smallest absolute Gasteiger partial charge is 0.304 e. The van der Waals surface area contributed by atoms with Crippen molar-refractivity contribution >= 4 is 5.97 Å². The molecule has 1 aromatic rings. The van der Waals surface area contributed by atoms with Crippen LogP contribution in [0.25, 0.3) is 0 Å². The number of rotatable bonds is 6. The standard InChI is InChI=1S/C13H15NO4/c1-17-11-4-3-9(6-12(11)18-2)5-10(8-14)7-13(15)16/h3-4,6,10H,5,7H2,1-2H3,(H,15,16). The molecule has 0 aliphatic heterocycles. The van der Waals surface area contributed by atoms with E-state index >= 15 is 0 Å². The summed E-state index contributed by atoms with van der Waals surface area (Å²) in [5, 5.41) is 17.6. The molecular weight excluding hydrogens is 234 g/mol. The lowest BCUT2D eigenvalue weighted by Crippen LogP contribution is -2.08. The number of carboxylic acid groups (broad SMARTS) is 1. The van der Waals surface area contributed by atoms with E-state index in [-0.39, 0.29) is 6.42 Å². The van der Waals surface area contributed by atoms with Crippen molar-refractivity contribution in [2.45, 2.75) is 12.8 Å². The van der Waals surface area contributed by atoms with Crippen molar-refractivity contribution in [3.8, 4) is 17.6 Å². The Bertz CT molecular complexity index is 465. The Labute approximate surface area is 106 Å². The van der Waals surface area contributed by atoms with E-state index in [0.717, 1.165) is 5.56 Å². The number of hydrogen-bond donors (Lipinski definition) is 1. The molecule has 18 heavy (non-hydrogen) atoms. The first-order chi connectivity index (χ1) is 8.60. The van der Waals surface area contributed by atoms with Gasteiger partial charge < -0.3 is 14.6 Å². The number of benzene rings is 1. The van der Waals surface area contributed by atoms with Crippen LogP contribution in [0.3, 0.4) is 0 Å². The molecule has 1 rings (SSSR count). The SMILES string of the molecule is COc1ccc(CC(C#N)CC(=O)O)cc1OC. The summed E-state index contributed by atoms with van der Waals surface area (Å²) in [5.74, 6) is -0.336. The molecule has 0 bridgehead atoms. The van der Waals surface area contributed by atoms with Crippen molar-refractivity contribution in [2.75, 3.05) is 14.2 Å². The summed E-state index contributed by atoms with van der Waals surface area (Å²) < 4.78 is 10.3. The lowest BCUT2D eigenvalue weighted by atomic mass is 9.97. The molecular formula is C13H15NO4. The molecule has 96 valence electrons. The molecule has 5 heteroatoms. The summed E-state index contributed by atoms with van der Waals surface area (Å²) in [6.45, 7) is 0. The highest BCUT2D eigenvalue weighted by atomic mass is 16.5. The summed E-state index contributed by atoms with van der Waals surface area (Å²) in [4.78, 5) is 10.6. The normalized spacial score (nSPS) is 11.4. The Balaban J connectivity index is 2.84. The summed E-state index contributed by atoms with van der Waals surface area (Å²) >= 11 is 0. The molecule has 0 aliphatic rings. The van der Waals surface area contributed by atoms with Gasteiger partial charge in [0.2, 0.25) is 0 Å². The first-order valence-electron chi connectivity index (χ1n) is 5.43. The molecule has 0 aromatic heterocycles. The van der Waals surface area contributed by atoms with Gasteiger partial charge in [-0.25, -0.2) is 0 Å². The highest BCUT2D eigenvalue weighted by Gasteiger charge is 2.14. The third-order valence-electron chi connectivity index (χ3n) is 2.53. The van der Waals surface area contributed by atoms with Gasteiger partial charge in [-0.2, -0.15) is 5.26 Å². The number of nitriles is 1. The van der Waals surface area contributed by atoms with Gasteiger partial charge >= 0.3 is 5.97 Å². The van der Waals surface area contributed by atoms with Crippen LogP contribution < -0.4 is 9.47 Å². The van der Waals surface area contributed by atoms with Gasteiger partial charge in [-0.3, -0.25) is 4.79 Å². The maximum atomic E-state index is 10.6. The zero-order valence-electron chi connectivity index (χ0n) is 10.3. The number of nitrogens with zero attached hydrogens (tertiary/aromatic N) is 1.